The Balaban J connectivity index is 1.67. The van der Waals surface area contributed by atoms with Crippen LogP contribution in [-0.2, 0) is 20.1 Å². The van der Waals surface area contributed by atoms with Gasteiger partial charge in [0, 0.05) is 13.6 Å². The number of ether oxygens (including phenoxy) is 1. The number of rotatable bonds is 6. The Labute approximate surface area is 153 Å². The van der Waals surface area contributed by atoms with Crippen LogP contribution in [0.3, 0.4) is 0 Å². The summed E-state index contributed by atoms with van der Waals surface area (Å²) >= 11 is 0. The number of para-hydroxylation sites is 2. The van der Waals surface area contributed by atoms with Gasteiger partial charge >= 0.3 is 0 Å². The Hall–Kier alpha value is -3.02. The van der Waals surface area contributed by atoms with Crippen LogP contribution in [0.2, 0.25) is 0 Å². The fraction of sp³-hybridized carbons (Fsp3) is 0.300. The molecule has 0 unspecified atom stereocenters. The number of hydrogen-bond acceptors (Lipinski definition) is 3. The van der Waals surface area contributed by atoms with E-state index in [2.05, 4.69) is 38.2 Å². The number of hydrogen-bond donors (Lipinski definition) is 2. The molecule has 1 heterocycles. The van der Waals surface area contributed by atoms with E-state index in [9.17, 15) is 0 Å². The minimum Gasteiger partial charge on any atom is -0.497 e. The van der Waals surface area contributed by atoms with E-state index in [0.717, 1.165) is 40.7 Å². The van der Waals surface area contributed by atoms with Crippen molar-refractivity contribution in [3.63, 3.8) is 0 Å². The van der Waals surface area contributed by atoms with Gasteiger partial charge in [-0.25, -0.2) is 9.98 Å². The second kappa shape index (κ2) is 8.38. The molecule has 2 aromatic carbocycles. The standard InChI is InChI=1S/C20H25N5O/c1-4-21-20(22-13-15-9-11-16(26-3)12-10-15)23-14-19-24-17-7-5-6-8-18(17)25(19)2/h5-12H,4,13-14H2,1-3H3,(H2,21,22,23). The van der Waals surface area contributed by atoms with E-state index in [1.54, 1.807) is 7.11 Å². The van der Waals surface area contributed by atoms with Gasteiger partial charge in [-0.1, -0.05) is 24.3 Å². The van der Waals surface area contributed by atoms with Crippen LogP contribution in [-0.4, -0.2) is 29.2 Å². The van der Waals surface area contributed by atoms with E-state index in [0.29, 0.717) is 13.1 Å². The van der Waals surface area contributed by atoms with Gasteiger partial charge < -0.3 is 19.9 Å². The van der Waals surface area contributed by atoms with Crippen molar-refractivity contribution < 1.29 is 4.74 Å². The summed E-state index contributed by atoms with van der Waals surface area (Å²) in [6.07, 6.45) is 0. The summed E-state index contributed by atoms with van der Waals surface area (Å²) in [6, 6.07) is 16.1. The van der Waals surface area contributed by atoms with Gasteiger partial charge in [-0.3, -0.25) is 0 Å². The molecule has 0 radical (unpaired) electrons. The summed E-state index contributed by atoms with van der Waals surface area (Å²) < 4.78 is 7.29. The first-order valence-electron chi connectivity index (χ1n) is 8.76. The molecule has 0 atom stereocenters. The molecule has 3 rings (SSSR count). The average Bonchev–Trinajstić information content (AvgIpc) is 3.00. The third-order valence-electron chi connectivity index (χ3n) is 4.22. The Kier molecular flexibility index (Phi) is 5.73. The summed E-state index contributed by atoms with van der Waals surface area (Å²) in [6.45, 7) is 4.07. The molecule has 6 heteroatoms. The molecule has 6 nitrogen and oxygen atoms in total. The number of nitrogens with one attached hydrogen (secondary N) is 2. The van der Waals surface area contributed by atoms with E-state index in [1.165, 1.54) is 0 Å². The zero-order valence-corrected chi connectivity index (χ0v) is 15.5. The number of aryl methyl sites for hydroxylation is 1. The Bertz CT molecular complexity index is 883. The molecule has 3 aromatic rings. The minimum absolute atomic E-state index is 0.599. The molecule has 0 aliphatic heterocycles. The molecule has 0 saturated heterocycles. The molecular formula is C20H25N5O. The topological polar surface area (TPSA) is 63.5 Å². The third-order valence-corrected chi connectivity index (χ3v) is 4.22. The first-order chi connectivity index (χ1) is 12.7. The van der Waals surface area contributed by atoms with Gasteiger partial charge in [-0.15, -0.1) is 0 Å². The monoisotopic (exact) mass is 351 g/mol. The average molecular weight is 351 g/mol. The predicted octanol–water partition coefficient (Wildman–Crippen LogP) is 2.84. The summed E-state index contributed by atoms with van der Waals surface area (Å²) in [5, 5.41) is 6.64. The number of guanidine groups is 1. The molecule has 26 heavy (non-hydrogen) atoms. The summed E-state index contributed by atoms with van der Waals surface area (Å²) in [5.41, 5.74) is 3.27. The number of nitrogens with zero attached hydrogens (tertiary/aromatic N) is 3. The van der Waals surface area contributed by atoms with Gasteiger partial charge in [0.05, 0.1) is 31.2 Å². The van der Waals surface area contributed by atoms with Crippen LogP contribution in [0, 0.1) is 0 Å². The molecule has 0 aliphatic rings. The van der Waals surface area contributed by atoms with Gasteiger partial charge in [0.15, 0.2) is 5.96 Å². The molecule has 0 bridgehead atoms. The third kappa shape index (κ3) is 4.14. The van der Waals surface area contributed by atoms with Crippen LogP contribution in [0.15, 0.2) is 53.5 Å². The van der Waals surface area contributed by atoms with Crippen LogP contribution < -0.4 is 15.4 Å². The molecule has 2 N–H and O–H groups in total. The highest BCUT2D eigenvalue weighted by atomic mass is 16.5. The molecule has 136 valence electrons. The van der Waals surface area contributed by atoms with E-state index < -0.39 is 0 Å². The van der Waals surface area contributed by atoms with Crippen LogP contribution in [0.4, 0.5) is 0 Å². The van der Waals surface area contributed by atoms with Crippen molar-refractivity contribution >= 4 is 17.0 Å². The molecule has 0 aliphatic carbocycles. The summed E-state index contributed by atoms with van der Waals surface area (Å²) in [7, 11) is 3.70. The number of methoxy groups -OCH3 is 1. The second-order valence-corrected chi connectivity index (χ2v) is 5.97. The van der Waals surface area contributed by atoms with Crippen molar-refractivity contribution in [1.29, 1.82) is 0 Å². The van der Waals surface area contributed by atoms with Crippen molar-refractivity contribution in [2.75, 3.05) is 13.7 Å². The largest absolute Gasteiger partial charge is 0.497 e. The SMILES string of the molecule is CCNC(=NCc1ccc(OC)cc1)NCc1nc2ccccc2n1C. The fourth-order valence-electron chi connectivity index (χ4n) is 2.76. The lowest BCUT2D eigenvalue weighted by molar-refractivity contribution is 0.414. The highest BCUT2D eigenvalue weighted by Gasteiger charge is 2.07. The van der Waals surface area contributed by atoms with E-state index >= 15 is 0 Å². The Morgan fingerprint density at radius 3 is 2.58 bits per heavy atom. The minimum atomic E-state index is 0.599. The predicted molar refractivity (Wildman–Crippen MR) is 105 cm³/mol. The number of aliphatic imine (C=N–C) groups is 1. The van der Waals surface area contributed by atoms with Crippen molar-refractivity contribution in [2.45, 2.75) is 20.0 Å². The van der Waals surface area contributed by atoms with Crippen molar-refractivity contribution in [3.05, 3.63) is 59.9 Å². The lowest BCUT2D eigenvalue weighted by Gasteiger charge is -2.11. The number of benzene rings is 2. The Morgan fingerprint density at radius 2 is 1.88 bits per heavy atom. The number of fused-ring (bicyclic) bond motifs is 1. The maximum Gasteiger partial charge on any atom is 0.191 e. The summed E-state index contributed by atoms with van der Waals surface area (Å²) in [5.74, 6) is 2.60. The number of aromatic nitrogens is 2. The van der Waals surface area contributed by atoms with Crippen LogP contribution >= 0.6 is 0 Å². The second-order valence-electron chi connectivity index (χ2n) is 5.97. The smallest absolute Gasteiger partial charge is 0.191 e. The first kappa shape index (κ1) is 17.8. The van der Waals surface area contributed by atoms with E-state index in [-0.39, 0.29) is 0 Å². The van der Waals surface area contributed by atoms with E-state index in [4.69, 9.17) is 4.74 Å². The molecule has 0 fully saturated rings. The van der Waals surface area contributed by atoms with Gasteiger partial charge in [0.1, 0.15) is 11.6 Å². The molecule has 0 amide bonds. The van der Waals surface area contributed by atoms with E-state index in [1.807, 2.05) is 49.5 Å². The lowest BCUT2D eigenvalue weighted by atomic mass is 10.2. The zero-order valence-electron chi connectivity index (χ0n) is 15.5. The normalized spacial score (nSPS) is 11.6. The maximum atomic E-state index is 5.19. The highest BCUT2D eigenvalue weighted by Crippen LogP contribution is 2.14. The maximum absolute atomic E-state index is 5.19. The quantitative estimate of drug-likeness (QED) is 0.529. The number of imidazole rings is 1. The van der Waals surface area contributed by atoms with Crippen molar-refractivity contribution in [2.24, 2.45) is 12.0 Å². The van der Waals surface area contributed by atoms with Crippen LogP contribution in [0.1, 0.15) is 18.3 Å². The van der Waals surface area contributed by atoms with Gasteiger partial charge in [0.25, 0.3) is 0 Å². The molecule has 1 aromatic heterocycles. The van der Waals surface area contributed by atoms with Gasteiger partial charge in [0.2, 0.25) is 0 Å². The van der Waals surface area contributed by atoms with Crippen LogP contribution in [0.5, 0.6) is 5.75 Å². The zero-order chi connectivity index (χ0) is 18.4. The van der Waals surface area contributed by atoms with Gasteiger partial charge in [-0.2, -0.15) is 0 Å². The summed E-state index contributed by atoms with van der Waals surface area (Å²) in [4.78, 5) is 9.34. The fourth-order valence-corrected chi connectivity index (χ4v) is 2.76. The van der Waals surface area contributed by atoms with Gasteiger partial charge in [-0.05, 0) is 36.8 Å². The Morgan fingerprint density at radius 1 is 1.12 bits per heavy atom. The molecular weight excluding hydrogens is 326 g/mol. The first-order valence-corrected chi connectivity index (χ1v) is 8.76. The van der Waals surface area contributed by atoms with Crippen molar-refractivity contribution in [3.8, 4) is 5.75 Å². The highest BCUT2D eigenvalue weighted by molar-refractivity contribution is 5.80. The molecule has 0 spiro atoms. The van der Waals surface area contributed by atoms with Crippen molar-refractivity contribution in [1.82, 2.24) is 20.2 Å². The van der Waals surface area contributed by atoms with Crippen LogP contribution in [0.25, 0.3) is 11.0 Å². The lowest BCUT2D eigenvalue weighted by Crippen LogP contribution is -2.37. The molecule has 0 saturated carbocycles.